The van der Waals surface area contributed by atoms with Gasteiger partial charge in [0.05, 0.1) is 17.4 Å². The minimum atomic E-state index is -0.397. The maximum atomic E-state index is 13.1. The topological polar surface area (TPSA) is 87.0 Å². The highest BCUT2D eigenvalue weighted by atomic mass is 16.6. The lowest BCUT2D eigenvalue weighted by Crippen LogP contribution is -2.50. The van der Waals surface area contributed by atoms with E-state index in [2.05, 4.69) is 11.0 Å². The Hall–Kier alpha value is -3.42. The zero-order valence-corrected chi connectivity index (χ0v) is 17.6. The number of amides is 2. The van der Waals surface area contributed by atoms with Crippen LogP contribution in [0.1, 0.15) is 30.5 Å². The number of piperazine rings is 1. The van der Waals surface area contributed by atoms with Gasteiger partial charge in [-0.3, -0.25) is 19.7 Å². The fraction of sp³-hybridized carbons (Fsp3) is 0.391. The van der Waals surface area contributed by atoms with Crippen LogP contribution in [0.2, 0.25) is 0 Å². The highest BCUT2D eigenvalue weighted by Gasteiger charge is 2.32. The first-order valence-electron chi connectivity index (χ1n) is 10.6. The highest BCUT2D eigenvalue weighted by molar-refractivity contribution is 5.80. The Morgan fingerprint density at radius 2 is 1.77 bits per heavy atom. The summed E-state index contributed by atoms with van der Waals surface area (Å²) in [5.41, 5.74) is 3.13. The minimum absolute atomic E-state index is 0.0113. The molecule has 1 atom stereocenters. The summed E-state index contributed by atoms with van der Waals surface area (Å²) < 4.78 is 0. The van der Waals surface area contributed by atoms with E-state index in [1.54, 1.807) is 24.0 Å². The first-order chi connectivity index (χ1) is 14.9. The molecule has 2 heterocycles. The molecule has 8 heteroatoms. The Bertz CT molecular complexity index is 1000. The molecule has 2 aliphatic rings. The van der Waals surface area contributed by atoms with Crippen molar-refractivity contribution in [3.05, 3.63) is 69.8 Å². The third kappa shape index (κ3) is 4.38. The number of nitro groups is 1. The van der Waals surface area contributed by atoms with Crippen molar-refractivity contribution in [1.29, 1.82) is 0 Å². The van der Waals surface area contributed by atoms with E-state index < -0.39 is 4.92 Å². The molecule has 0 radical (unpaired) electrons. The number of anilines is 1. The minimum Gasteiger partial charge on any atom is -0.368 e. The summed E-state index contributed by atoms with van der Waals surface area (Å²) in [6.45, 7) is 4.52. The van der Waals surface area contributed by atoms with Gasteiger partial charge in [-0.05, 0) is 23.6 Å². The van der Waals surface area contributed by atoms with Crippen LogP contribution >= 0.6 is 0 Å². The smallest absolute Gasteiger partial charge is 0.271 e. The van der Waals surface area contributed by atoms with Crippen molar-refractivity contribution < 1.29 is 14.5 Å². The predicted molar refractivity (Wildman–Crippen MR) is 117 cm³/mol. The second kappa shape index (κ2) is 8.75. The number of hydrogen-bond acceptors (Lipinski definition) is 5. The Kier molecular flexibility index (Phi) is 5.88. The second-order valence-electron chi connectivity index (χ2n) is 8.03. The van der Waals surface area contributed by atoms with Crippen molar-refractivity contribution >= 4 is 23.2 Å². The third-order valence-corrected chi connectivity index (χ3v) is 6.22. The molecule has 0 spiro atoms. The van der Waals surface area contributed by atoms with E-state index >= 15 is 0 Å². The van der Waals surface area contributed by atoms with Crippen LogP contribution in [0.25, 0.3) is 0 Å². The summed E-state index contributed by atoms with van der Waals surface area (Å²) in [5.74, 6) is 0.0226. The van der Waals surface area contributed by atoms with Crippen LogP contribution < -0.4 is 4.90 Å². The molecule has 162 valence electrons. The average molecular weight is 422 g/mol. The largest absolute Gasteiger partial charge is 0.368 e. The normalized spacial score (nSPS) is 18.5. The van der Waals surface area contributed by atoms with E-state index in [9.17, 15) is 19.7 Å². The molecule has 0 bridgehead atoms. The number of non-ortho nitro benzene ring substituents is 1. The first kappa shape index (κ1) is 20.8. The Morgan fingerprint density at radius 3 is 2.48 bits per heavy atom. The number of nitrogens with zero attached hydrogens (tertiary/aromatic N) is 4. The van der Waals surface area contributed by atoms with Crippen LogP contribution in [0.15, 0.2) is 48.5 Å². The number of carbonyl (C=O) groups is 2. The molecule has 1 saturated heterocycles. The van der Waals surface area contributed by atoms with Gasteiger partial charge in [0.1, 0.15) is 0 Å². The van der Waals surface area contributed by atoms with Crippen LogP contribution in [0, 0.1) is 10.1 Å². The number of carbonyl (C=O) groups excluding carboxylic acids is 2. The van der Waals surface area contributed by atoms with Crippen molar-refractivity contribution in [1.82, 2.24) is 9.80 Å². The summed E-state index contributed by atoms with van der Waals surface area (Å²) in [7, 11) is 0. The lowest BCUT2D eigenvalue weighted by atomic mass is 9.90. The van der Waals surface area contributed by atoms with E-state index in [1.807, 2.05) is 29.2 Å². The summed E-state index contributed by atoms with van der Waals surface area (Å²) in [5, 5.41) is 11.0. The van der Waals surface area contributed by atoms with Crippen molar-refractivity contribution in [2.45, 2.75) is 25.8 Å². The highest BCUT2D eigenvalue weighted by Crippen LogP contribution is 2.33. The predicted octanol–water partition coefficient (Wildman–Crippen LogP) is 2.78. The van der Waals surface area contributed by atoms with Gasteiger partial charge in [-0.25, -0.2) is 0 Å². The molecule has 0 saturated carbocycles. The van der Waals surface area contributed by atoms with Crippen LogP contribution in [-0.4, -0.2) is 59.3 Å². The van der Waals surface area contributed by atoms with Crippen molar-refractivity contribution in [2.24, 2.45) is 0 Å². The van der Waals surface area contributed by atoms with Gasteiger partial charge in [-0.2, -0.15) is 0 Å². The van der Waals surface area contributed by atoms with Crippen molar-refractivity contribution in [3.8, 4) is 0 Å². The standard InChI is InChI=1S/C23H26N4O4/c1-17(28)26-10-9-18-5-2-3-8-21(18)22(26)16-23(29)25-13-11-24(12-14-25)19-6-4-7-20(15-19)27(30)31/h2-8,15,22H,9-14,16H2,1H3. The fourth-order valence-corrected chi connectivity index (χ4v) is 4.56. The molecule has 1 fully saturated rings. The molecule has 31 heavy (non-hydrogen) atoms. The number of hydrogen-bond donors (Lipinski definition) is 0. The van der Waals surface area contributed by atoms with Crippen molar-refractivity contribution in [3.63, 3.8) is 0 Å². The van der Waals surface area contributed by atoms with Gasteiger partial charge in [0.15, 0.2) is 0 Å². The van der Waals surface area contributed by atoms with E-state index in [0.717, 1.165) is 17.7 Å². The summed E-state index contributed by atoms with van der Waals surface area (Å²) in [6, 6.07) is 14.4. The lowest BCUT2D eigenvalue weighted by molar-refractivity contribution is -0.384. The number of nitro benzene ring substituents is 1. The summed E-state index contributed by atoms with van der Waals surface area (Å²) >= 11 is 0. The third-order valence-electron chi connectivity index (χ3n) is 6.22. The Balaban J connectivity index is 1.42. The molecular formula is C23H26N4O4. The zero-order valence-electron chi connectivity index (χ0n) is 17.6. The van der Waals surface area contributed by atoms with Gasteiger partial charge in [0.2, 0.25) is 11.8 Å². The SMILES string of the molecule is CC(=O)N1CCc2ccccc2C1CC(=O)N1CCN(c2cccc([N+](=O)[O-])c2)CC1. The lowest BCUT2D eigenvalue weighted by Gasteiger charge is -2.39. The van der Waals surface area contributed by atoms with Crippen LogP contribution in [0.5, 0.6) is 0 Å². The monoisotopic (exact) mass is 422 g/mol. The molecule has 2 aromatic carbocycles. The molecule has 4 rings (SSSR count). The molecular weight excluding hydrogens is 396 g/mol. The van der Waals surface area contributed by atoms with Crippen molar-refractivity contribution in [2.75, 3.05) is 37.6 Å². The van der Waals surface area contributed by atoms with Gasteiger partial charge >= 0.3 is 0 Å². The maximum absolute atomic E-state index is 13.1. The number of benzene rings is 2. The quantitative estimate of drug-likeness (QED) is 0.559. The van der Waals surface area contributed by atoms with E-state index in [4.69, 9.17) is 0 Å². The molecule has 0 aromatic heterocycles. The van der Waals surface area contributed by atoms with Gasteiger partial charge in [-0.1, -0.05) is 30.3 Å². The number of fused-ring (bicyclic) bond motifs is 1. The Labute approximate surface area is 181 Å². The van der Waals surface area contributed by atoms with Crippen LogP contribution in [0.3, 0.4) is 0 Å². The molecule has 2 aliphatic heterocycles. The molecule has 0 N–H and O–H groups in total. The van der Waals surface area contributed by atoms with E-state index in [0.29, 0.717) is 32.7 Å². The van der Waals surface area contributed by atoms with Gasteiger partial charge in [0.25, 0.3) is 5.69 Å². The fourth-order valence-electron chi connectivity index (χ4n) is 4.56. The molecule has 1 unspecified atom stereocenters. The van der Waals surface area contributed by atoms with Gasteiger partial charge in [0, 0.05) is 57.5 Å². The second-order valence-corrected chi connectivity index (χ2v) is 8.03. The van der Waals surface area contributed by atoms with Gasteiger partial charge < -0.3 is 14.7 Å². The summed E-state index contributed by atoms with van der Waals surface area (Å²) in [4.78, 5) is 41.7. The van der Waals surface area contributed by atoms with E-state index in [1.165, 1.54) is 11.6 Å². The molecule has 8 nitrogen and oxygen atoms in total. The first-order valence-corrected chi connectivity index (χ1v) is 10.6. The van der Waals surface area contributed by atoms with E-state index in [-0.39, 0.29) is 30.0 Å². The van der Waals surface area contributed by atoms with Crippen LogP contribution in [-0.2, 0) is 16.0 Å². The zero-order chi connectivity index (χ0) is 22.0. The summed E-state index contributed by atoms with van der Waals surface area (Å²) in [6.07, 6.45) is 1.08. The Morgan fingerprint density at radius 1 is 1.03 bits per heavy atom. The average Bonchev–Trinajstić information content (AvgIpc) is 2.79. The number of rotatable bonds is 4. The molecule has 2 aromatic rings. The van der Waals surface area contributed by atoms with Gasteiger partial charge in [-0.15, -0.1) is 0 Å². The molecule has 2 amide bonds. The maximum Gasteiger partial charge on any atom is 0.271 e. The molecule has 0 aliphatic carbocycles. The van der Waals surface area contributed by atoms with Crippen LogP contribution in [0.4, 0.5) is 11.4 Å².